The zero-order valence-electron chi connectivity index (χ0n) is 15.7. The summed E-state index contributed by atoms with van der Waals surface area (Å²) in [5.74, 6) is 1.23. The van der Waals surface area contributed by atoms with Gasteiger partial charge in [-0.25, -0.2) is 5.43 Å². The quantitative estimate of drug-likeness (QED) is 0.469. The molecule has 0 unspecified atom stereocenters. The van der Waals surface area contributed by atoms with Gasteiger partial charge in [0.05, 0.1) is 12.8 Å². The van der Waals surface area contributed by atoms with Crippen LogP contribution in [0, 0.1) is 0 Å². The molecule has 0 atom stereocenters. The molecule has 0 radical (unpaired) electrons. The highest BCUT2D eigenvalue weighted by Crippen LogP contribution is 2.14. The largest absolute Gasteiger partial charge is 0.494 e. The number of carbonyl (C=O) groups excluding carboxylic acids is 1. The Hall–Kier alpha value is -3.60. The monoisotopic (exact) mass is 374 g/mol. The van der Waals surface area contributed by atoms with Gasteiger partial charge in [0.15, 0.2) is 0 Å². The second-order valence-electron chi connectivity index (χ2n) is 6.00. The Morgan fingerprint density at radius 1 is 0.893 bits per heavy atom. The fourth-order valence-corrected chi connectivity index (χ4v) is 2.49. The fraction of sp³-hybridized carbons (Fsp3) is 0.130. The Kier molecular flexibility index (Phi) is 6.79. The molecule has 1 N–H and O–H groups in total. The third-order valence-electron chi connectivity index (χ3n) is 3.94. The van der Waals surface area contributed by atoms with Gasteiger partial charge < -0.3 is 9.47 Å². The third kappa shape index (κ3) is 5.71. The molecule has 5 nitrogen and oxygen atoms in total. The molecule has 1 amide bonds. The summed E-state index contributed by atoms with van der Waals surface area (Å²) in [4.78, 5) is 12.1. The van der Waals surface area contributed by atoms with Crippen molar-refractivity contribution in [2.75, 3.05) is 6.61 Å². The molecule has 3 aromatic rings. The average Bonchev–Trinajstić information content (AvgIpc) is 2.74. The maximum atomic E-state index is 12.1. The van der Waals surface area contributed by atoms with Crippen LogP contribution in [0.5, 0.6) is 11.5 Å². The molecule has 0 fully saturated rings. The van der Waals surface area contributed by atoms with Crippen LogP contribution in [-0.2, 0) is 6.61 Å². The van der Waals surface area contributed by atoms with E-state index in [1.165, 1.54) is 0 Å². The summed E-state index contributed by atoms with van der Waals surface area (Å²) in [6.07, 6.45) is 1.59. The molecular formula is C23H22N2O3. The lowest BCUT2D eigenvalue weighted by molar-refractivity contribution is 0.0955. The topological polar surface area (TPSA) is 59.9 Å². The molecule has 0 spiro atoms. The Morgan fingerprint density at radius 3 is 2.21 bits per heavy atom. The van der Waals surface area contributed by atoms with Gasteiger partial charge in [0.2, 0.25) is 0 Å². The van der Waals surface area contributed by atoms with Gasteiger partial charge in [0.25, 0.3) is 5.91 Å². The molecule has 0 saturated heterocycles. The van der Waals surface area contributed by atoms with Gasteiger partial charge in [-0.1, -0.05) is 30.3 Å². The summed E-state index contributed by atoms with van der Waals surface area (Å²) >= 11 is 0. The molecule has 0 aliphatic heterocycles. The van der Waals surface area contributed by atoms with Crippen molar-refractivity contribution in [3.05, 3.63) is 95.6 Å². The predicted octanol–water partition coefficient (Wildman–Crippen LogP) is 4.43. The Labute approximate surface area is 164 Å². The number of hydrazone groups is 1. The minimum absolute atomic E-state index is 0.276. The van der Waals surface area contributed by atoms with Crippen molar-refractivity contribution >= 4 is 12.1 Å². The molecule has 142 valence electrons. The van der Waals surface area contributed by atoms with Gasteiger partial charge in [-0.15, -0.1) is 0 Å². The van der Waals surface area contributed by atoms with Gasteiger partial charge >= 0.3 is 0 Å². The van der Waals surface area contributed by atoms with Crippen molar-refractivity contribution < 1.29 is 14.3 Å². The van der Waals surface area contributed by atoms with Gasteiger partial charge in [0, 0.05) is 5.56 Å². The van der Waals surface area contributed by atoms with Gasteiger partial charge in [-0.3, -0.25) is 4.79 Å². The number of nitrogens with zero attached hydrogens (tertiary/aromatic N) is 1. The van der Waals surface area contributed by atoms with E-state index in [4.69, 9.17) is 9.47 Å². The van der Waals surface area contributed by atoms with Crippen LogP contribution in [0.4, 0.5) is 0 Å². The average molecular weight is 374 g/mol. The van der Waals surface area contributed by atoms with Crippen molar-refractivity contribution in [2.45, 2.75) is 13.5 Å². The van der Waals surface area contributed by atoms with Crippen molar-refractivity contribution in [3.8, 4) is 11.5 Å². The van der Waals surface area contributed by atoms with Crippen LogP contribution in [0.15, 0.2) is 84.0 Å². The van der Waals surface area contributed by atoms with Crippen molar-refractivity contribution in [2.24, 2.45) is 5.10 Å². The number of nitrogens with one attached hydrogen (secondary N) is 1. The molecule has 0 aromatic heterocycles. The molecule has 3 aromatic carbocycles. The van der Waals surface area contributed by atoms with Crippen LogP contribution in [0.25, 0.3) is 0 Å². The number of benzene rings is 3. The van der Waals surface area contributed by atoms with Crippen LogP contribution in [0.3, 0.4) is 0 Å². The highest BCUT2D eigenvalue weighted by Gasteiger charge is 2.04. The van der Waals surface area contributed by atoms with Crippen molar-refractivity contribution in [3.63, 3.8) is 0 Å². The molecule has 0 saturated carbocycles. The lowest BCUT2D eigenvalue weighted by Gasteiger charge is -2.06. The van der Waals surface area contributed by atoms with E-state index in [2.05, 4.69) is 10.5 Å². The second-order valence-corrected chi connectivity index (χ2v) is 6.00. The van der Waals surface area contributed by atoms with Gasteiger partial charge in [0.1, 0.15) is 18.1 Å². The smallest absolute Gasteiger partial charge is 0.271 e. The maximum absolute atomic E-state index is 12.1. The van der Waals surface area contributed by atoms with E-state index in [-0.39, 0.29) is 5.91 Å². The van der Waals surface area contributed by atoms with E-state index in [1.807, 2.05) is 61.5 Å². The zero-order chi connectivity index (χ0) is 19.6. The summed E-state index contributed by atoms with van der Waals surface area (Å²) < 4.78 is 11.1. The number of rotatable bonds is 8. The standard InChI is InChI=1S/C23H22N2O3/c1-2-27-21-14-10-20(11-15-21)23(26)25-24-16-18-8-12-22(13-9-18)28-17-19-6-4-3-5-7-19/h3-16H,2,17H2,1H3,(H,25,26). The van der Waals surface area contributed by atoms with Crippen LogP contribution in [-0.4, -0.2) is 18.7 Å². The van der Waals surface area contributed by atoms with Crippen LogP contribution in [0.2, 0.25) is 0 Å². The minimum atomic E-state index is -0.276. The van der Waals surface area contributed by atoms with Crippen LogP contribution < -0.4 is 14.9 Å². The summed E-state index contributed by atoms with van der Waals surface area (Å²) in [6, 6.07) is 24.4. The lowest BCUT2D eigenvalue weighted by Crippen LogP contribution is -2.17. The van der Waals surface area contributed by atoms with Gasteiger partial charge in [-0.05, 0) is 66.6 Å². The van der Waals surface area contributed by atoms with E-state index in [0.29, 0.717) is 18.8 Å². The highest BCUT2D eigenvalue weighted by atomic mass is 16.5. The van der Waals surface area contributed by atoms with E-state index < -0.39 is 0 Å². The van der Waals surface area contributed by atoms with E-state index >= 15 is 0 Å². The lowest BCUT2D eigenvalue weighted by atomic mass is 10.2. The second kappa shape index (κ2) is 9.92. The molecule has 0 aliphatic rings. The molecule has 5 heteroatoms. The SMILES string of the molecule is CCOc1ccc(C(=O)NN=Cc2ccc(OCc3ccccc3)cc2)cc1. The zero-order valence-corrected chi connectivity index (χ0v) is 15.7. The summed E-state index contributed by atoms with van der Waals surface area (Å²) in [6.45, 7) is 3.02. The van der Waals surface area contributed by atoms with Crippen LogP contribution >= 0.6 is 0 Å². The van der Waals surface area contributed by atoms with Gasteiger partial charge in [-0.2, -0.15) is 5.10 Å². The van der Waals surface area contributed by atoms with E-state index in [9.17, 15) is 4.79 Å². The molecule has 28 heavy (non-hydrogen) atoms. The predicted molar refractivity (Wildman–Crippen MR) is 110 cm³/mol. The van der Waals surface area contributed by atoms with E-state index in [0.717, 1.165) is 22.6 Å². The molecule has 0 bridgehead atoms. The van der Waals surface area contributed by atoms with Crippen molar-refractivity contribution in [1.29, 1.82) is 0 Å². The Balaban J connectivity index is 1.49. The Morgan fingerprint density at radius 2 is 1.54 bits per heavy atom. The first kappa shape index (κ1) is 19.2. The summed E-state index contributed by atoms with van der Waals surface area (Å²) in [5.41, 5.74) is 5.01. The first-order valence-electron chi connectivity index (χ1n) is 9.07. The summed E-state index contributed by atoms with van der Waals surface area (Å²) in [5, 5.41) is 4.00. The molecule has 0 aliphatic carbocycles. The van der Waals surface area contributed by atoms with Crippen molar-refractivity contribution in [1.82, 2.24) is 5.43 Å². The van der Waals surface area contributed by atoms with E-state index in [1.54, 1.807) is 30.5 Å². The minimum Gasteiger partial charge on any atom is -0.494 e. The third-order valence-corrected chi connectivity index (χ3v) is 3.94. The first-order valence-corrected chi connectivity index (χ1v) is 9.07. The first-order chi connectivity index (χ1) is 13.7. The molecular weight excluding hydrogens is 352 g/mol. The summed E-state index contributed by atoms with van der Waals surface area (Å²) in [7, 11) is 0. The molecule has 3 rings (SSSR count). The fourth-order valence-electron chi connectivity index (χ4n) is 2.49. The number of amides is 1. The number of carbonyl (C=O) groups is 1. The molecule has 0 heterocycles. The highest BCUT2D eigenvalue weighted by molar-refractivity contribution is 5.95. The number of hydrogen-bond donors (Lipinski definition) is 1. The Bertz CT molecular complexity index is 905. The van der Waals surface area contributed by atoms with Crippen LogP contribution in [0.1, 0.15) is 28.4 Å². The normalized spacial score (nSPS) is 10.6. The number of ether oxygens (including phenoxy) is 2. The maximum Gasteiger partial charge on any atom is 0.271 e. The number of hydrogen-bond acceptors (Lipinski definition) is 4.